The number of aromatic nitrogens is 2. The Morgan fingerprint density at radius 2 is 1.85 bits per heavy atom. The van der Waals surface area contributed by atoms with Crippen LogP contribution in [0, 0.1) is 6.92 Å². The van der Waals surface area contributed by atoms with E-state index in [-0.39, 0.29) is 18.0 Å². The molecule has 0 atom stereocenters. The molecule has 1 fully saturated rings. The number of unbranched alkanes of at least 4 members (excludes halogenated alkanes) is 1. The van der Waals surface area contributed by atoms with Crippen molar-refractivity contribution >= 4 is 33.6 Å². The number of nitrogens with one attached hydrogen (secondary N) is 1. The van der Waals surface area contributed by atoms with E-state index in [0.717, 1.165) is 11.1 Å². The standard InChI is InChI=1S/C29H38N4O5S/c1-20-8-10-21(11-9-20)22-17-39-25-24(22)31-19-33(26(25)35)18-29(37)12-15-32(16-13-29)23(34)7-5-6-14-30-27(36)38-28(2,3)4/h8-11,17,19,37H,5-7,12-16,18H2,1-4H3,(H,30,36). The Hall–Kier alpha value is -3.24. The van der Waals surface area contributed by atoms with Crippen molar-refractivity contribution in [3.05, 3.63) is 51.9 Å². The average Bonchev–Trinajstić information content (AvgIpc) is 3.30. The Kier molecular flexibility index (Phi) is 8.76. The molecule has 2 N–H and O–H groups in total. The van der Waals surface area contributed by atoms with Crippen LogP contribution < -0.4 is 10.9 Å². The second-order valence-electron chi connectivity index (χ2n) is 11.4. The molecule has 1 aliphatic heterocycles. The van der Waals surface area contributed by atoms with Crippen LogP contribution in [0.1, 0.15) is 58.4 Å². The lowest BCUT2D eigenvalue weighted by molar-refractivity contribution is -0.136. The van der Waals surface area contributed by atoms with Gasteiger partial charge in [-0.3, -0.25) is 14.2 Å². The van der Waals surface area contributed by atoms with Gasteiger partial charge in [0.2, 0.25) is 5.91 Å². The summed E-state index contributed by atoms with van der Waals surface area (Å²) in [7, 11) is 0. The molecule has 4 rings (SSSR count). The Labute approximate surface area is 232 Å². The maximum Gasteiger partial charge on any atom is 0.407 e. The summed E-state index contributed by atoms with van der Waals surface area (Å²) in [5.74, 6) is 0.0387. The first-order chi connectivity index (χ1) is 18.4. The van der Waals surface area contributed by atoms with Gasteiger partial charge < -0.3 is 20.1 Å². The summed E-state index contributed by atoms with van der Waals surface area (Å²) in [5.41, 5.74) is 2.03. The molecular formula is C29H38N4O5S. The van der Waals surface area contributed by atoms with E-state index in [4.69, 9.17) is 4.74 Å². The monoisotopic (exact) mass is 554 g/mol. The van der Waals surface area contributed by atoms with Crippen LogP contribution in [0.5, 0.6) is 0 Å². The minimum atomic E-state index is -1.08. The van der Waals surface area contributed by atoms with E-state index >= 15 is 0 Å². The number of thiophene rings is 1. The van der Waals surface area contributed by atoms with Crippen LogP contribution in [0.3, 0.4) is 0 Å². The molecule has 10 heteroatoms. The van der Waals surface area contributed by atoms with Gasteiger partial charge in [-0.2, -0.15) is 0 Å². The summed E-state index contributed by atoms with van der Waals surface area (Å²) < 4.78 is 7.27. The summed E-state index contributed by atoms with van der Waals surface area (Å²) in [6, 6.07) is 8.14. The fraction of sp³-hybridized carbons (Fsp3) is 0.517. The Morgan fingerprint density at radius 3 is 2.51 bits per heavy atom. The lowest BCUT2D eigenvalue weighted by Crippen LogP contribution is -2.49. The third kappa shape index (κ3) is 7.45. The van der Waals surface area contributed by atoms with Crippen molar-refractivity contribution in [1.29, 1.82) is 0 Å². The van der Waals surface area contributed by atoms with E-state index < -0.39 is 17.3 Å². The predicted octanol–water partition coefficient (Wildman–Crippen LogP) is 4.48. The van der Waals surface area contributed by atoms with E-state index in [0.29, 0.717) is 62.0 Å². The molecule has 1 saturated heterocycles. The number of rotatable bonds is 8. The highest BCUT2D eigenvalue weighted by molar-refractivity contribution is 7.17. The number of hydrogen-bond acceptors (Lipinski definition) is 7. The summed E-state index contributed by atoms with van der Waals surface area (Å²) in [6.45, 7) is 8.93. The number of aliphatic hydroxyl groups is 1. The average molecular weight is 555 g/mol. The van der Waals surface area contributed by atoms with Gasteiger partial charge in [0.1, 0.15) is 10.3 Å². The van der Waals surface area contributed by atoms with E-state index in [1.54, 1.807) is 4.90 Å². The summed E-state index contributed by atoms with van der Waals surface area (Å²) in [4.78, 5) is 43.9. The molecule has 1 aromatic carbocycles. The summed E-state index contributed by atoms with van der Waals surface area (Å²) in [6.07, 6.45) is 3.57. The quantitative estimate of drug-likeness (QED) is 0.397. The fourth-order valence-corrected chi connectivity index (χ4v) is 5.68. The highest BCUT2D eigenvalue weighted by atomic mass is 32.1. The first kappa shape index (κ1) is 28.8. The van der Waals surface area contributed by atoms with Crippen molar-refractivity contribution < 1.29 is 19.4 Å². The number of ether oxygens (including phenoxy) is 1. The zero-order valence-corrected chi connectivity index (χ0v) is 24.0. The number of alkyl carbamates (subject to hydrolysis) is 1. The highest BCUT2D eigenvalue weighted by Gasteiger charge is 2.34. The first-order valence-corrected chi connectivity index (χ1v) is 14.3. The van der Waals surface area contributed by atoms with Gasteiger partial charge in [-0.15, -0.1) is 11.3 Å². The zero-order valence-electron chi connectivity index (χ0n) is 23.2. The SMILES string of the molecule is Cc1ccc(-c2csc3c(=O)n(CC4(O)CCN(C(=O)CCCCNC(=O)OC(C)(C)C)CC4)cnc23)cc1. The summed E-state index contributed by atoms with van der Waals surface area (Å²) in [5, 5.41) is 15.9. The third-order valence-corrected chi connectivity index (χ3v) is 7.86. The van der Waals surface area contributed by atoms with E-state index in [9.17, 15) is 19.5 Å². The lowest BCUT2D eigenvalue weighted by atomic mass is 9.91. The van der Waals surface area contributed by atoms with Crippen LogP contribution in [0.2, 0.25) is 0 Å². The molecule has 0 saturated carbocycles. The maximum absolute atomic E-state index is 13.2. The van der Waals surface area contributed by atoms with Gasteiger partial charge in [-0.25, -0.2) is 9.78 Å². The smallest absolute Gasteiger partial charge is 0.407 e. The van der Waals surface area contributed by atoms with Crippen molar-refractivity contribution in [3.63, 3.8) is 0 Å². The summed E-state index contributed by atoms with van der Waals surface area (Å²) >= 11 is 1.37. The minimum Gasteiger partial charge on any atom is -0.444 e. The fourth-order valence-electron chi connectivity index (χ4n) is 4.70. The molecule has 210 valence electrons. The van der Waals surface area contributed by atoms with Crippen molar-refractivity contribution in [2.24, 2.45) is 0 Å². The van der Waals surface area contributed by atoms with Crippen LogP contribution in [0.4, 0.5) is 4.79 Å². The van der Waals surface area contributed by atoms with Gasteiger partial charge in [0.05, 0.1) is 24.0 Å². The van der Waals surface area contributed by atoms with Gasteiger partial charge >= 0.3 is 6.09 Å². The van der Waals surface area contributed by atoms with Crippen molar-refractivity contribution in [2.45, 2.75) is 77.5 Å². The van der Waals surface area contributed by atoms with Crippen molar-refractivity contribution in [2.75, 3.05) is 19.6 Å². The molecule has 0 spiro atoms. The number of hydrogen-bond donors (Lipinski definition) is 2. The molecule has 39 heavy (non-hydrogen) atoms. The van der Waals surface area contributed by atoms with Crippen molar-refractivity contribution in [3.8, 4) is 11.1 Å². The van der Waals surface area contributed by atoms with Crippen molar-refractivity contribution in [1.82, 2.24) is 19.8 Å². The van der Waals surface area contributed by atoms with E-state index in [1.807, 2.05) is 57.3 Å². The minimum absolute atomic E-state index is 0.0387. The number of nitrogens with zero attached hydrogens (tertiary/aromatic N) is 3. The molecule has 2 amide bonds. The highest BCUT2D eigenvalue weighted by Crippen LogP contribution is 2.31. The second kappa shape index (κ2) is 11.9. The molecule has 1 aliphatic rings. The Bertz CT molecular complexity index is 1370. The molecule has 0 bridgehead atoms. The Balaban J connectivity index is 1.27. The second-order valence-corrected chi connectivity index (χ2v) is 12.2. The van der Waals surface area contributed by atoms with Gasteiger partial charge in [-0.05, 0) is 58.9 Å². The van der Waals surface area contributed by atoms with Crippen LogP contribution in [0.25, 0.3) is 21.3 Å². The lowest BCUT2D eigenvalue weighted by Gasteiger charge is -2.38. The number of amides is 2. The number of likely N-dealkylation sites (tertiary alicyclic amines) is 1. The topological polar surface area (TPSA) is 114 Å². The van der Waals surface area contributed by atoms with Crippen LogP contribution >= 0.6 is 11.3 Å². The van der Waals surface area contributed by atoms with Crippen LogP contribution in [-0.2, 0) is 16.1 Å². The molecule has 0 aliphatic carbocycles. The predicted molar refractivity (Wildman–Crippen MR) is 153 cm³/mol. The molecule has 3 heterocycles. The Morgan fingerprint density at radius 1 is 1.15 bits per heavy atom. The van der Waals surface area contributed by atoms with Gasteiger partial charge in [0.15, 0.2) is 0 Å². The molecule has 9 nitrogen and oxygen atoms in total. The van der Waals surface area contributed by atoms with Gasteiger partial charge in [-0.1, -0.05) is 29.8 Å². The number of piperidine rings is 1. The third-order valence-electron chi connectivity index (χ3n) is 6.91. The maximum atomic E-state index is 13.2. The van der Waals surface area contributed by atoms with E-state index in [1.165, 1.54) is 27.8 Å². The largest absolute Gasteiger partial charge is 0.444 e. The number of carbonyl (C=O) groups is 2. The number of aryl methyl sites for hydroxylation is 1. The molecular weight excluding hydrogens is 516 g/mol. The van der Waals surface area contributed by atoms with Gasteiger partial charge in [0, 0.05) is 37.0 Å². The van der Waals surface area contributed by atoms with Gasteiger partial charge in [0.25, 0.3) is 5.56 Å². The first-order valence-electron chi connectivity index (χ1n) is 13.4. The number of fused-ring (bicyclic) bond motifs is 1. The molecule has 3 aromatic rings. The number of benzene rings is 1. The molecule has 0 radical (unpaired) electrons. The number of carbonyl (C=O) groups excluding carboxylic acids is 2. The molecule has 2 aromatic heterocycles. The van der Waals surface area contributed by atoms with Crippen LogP contribution in [0.15, 0.2) is 40.8 Å². The zero-order chi connectivity index (χ0) is 28.2. The normalized spacial score (nSPS) is 15.4. The van der Waals surface area contributed by atoms with E-state index in [2.05, 4.69) is 10.3 Å². The molecule has 0 unspecified atom stereocenters. The van der Waals surface area contributed by atoms with Crippen LogP contribution in [-0.4, -0.2) is 62.4 Å².